The zero-order chi connectivity index (χ0) is 18.6. The predicted molar refractivity (Wildman–Crippen MR) is 88.7 cm³/mol. The molecule has 0 spiro atoms. The van der Waals surface area contributed by atoms with Crippen molar-refractivity contribution in [2.24, 2.45) is 0 Å². The van der Waals surface area contributed by atoms with Crippen molar-refractivity contribution < 1.29 is 22.7 Å². The molecule has 138 valence electrons. The molecule has 5 nitrogen and oxygen atoms in total. The summed E-state index contributed by atoms with van der Waals surface area (Å²) < 4.78 is 43.3. The van der Waals surface area contributed by atoms with Gasteiger partial charge in [0.25, 0.3) is 0 Å². The molecule has 8 heteroatoms. The average molecular weight is 365 g/mol. The number of rotatable bonds is 5. The highest BCUT2D eigenvalue weighted by Crippen LogP contribution is 2.26. The number of ether oxygens (including phenoxy) is 1. The third-order valence-electron chi connectivity index (χ3n) is 4.00. The molecule has 1 saturated heterocycles. The Morgan fingerprint density at radius 1 is 1.12 bits per heavy atom. The van der Waals surface area contributed by atoms with Crippen molar-refractivity contribution in [3.8, 4) is 11.5 Å². The summed E-state index contributed by atoms with van der Waals surface area (Å²) in [5.74, 6) is 0.705. The molecule has 0 unspecified atom stereocenters. The van der Waals surface area contributed by atoms with Crippen LogP contribution in [0.15, 0.2) is 48.8 Å². The minimum absolute atomic E-state index is 0.0443. The molecule has 0 saturated carbocycles. The Morgan fingerprint density at radius 3 is 2.62 bits per heavy atom. The summed E-state index contributed by atoms with van der Waals surface area (Å²) in [6, 6.07) is 10.9. The second-order valence-corrected chi connectivity index (χ2v) is 6.04. The number of amides is 1. The van der Waals surface area contributed by atoms with Crippen molar-refractivity contribution in [2.45, 2.75) is 12.7 Å². The number of carbonyl (C=O) groups is 1. The Kier molecular flexibility index (Phi) is 5.41. The topological polar surface area (TPSA) is 45.7 Å². The summed E-state index contributed by atoms with van der Waals surface area (Å²) in [6.45, 7) is -0.382. The van der Waals surface area contributed by atoms with E-state index in [4.69, 9.17) is 4.74 Å². The van der Waals surface area contributed by atoms with Crippen molar-refractivity contribution in [1.82, 2.24) is 14.8 Å². The maximum Gasteiger partial charge on any atom is 0.406 e. The van der Waals surface area contributed by atoms with Crippen LogP contribution in [0.4, 0.5) is 13.2 Å². The van der Waals surface area contributed by atoms with Gasteiger partial charge in [0.15, 0.2) is 0 Å². The summed E-state index contributed by atoms with van der Waals surface area (Å²) in [5.41, 5.74) is 0.855. The van der Waals surface area contributed by atoms with E-state index in [0.29, 0.717) is 24.6 Å². The summed E-state index contributed by atoms with van der Waals surface area (Å²) >= 11 is 0. The first-order valence-corrected chi connectivity index (χ1v) is 8.13. The number of aromatic nitrogens is 1. The Balaban J connectivity index is 1.64. The molecule has 1 amide bonds. The Bertz CT molecular complexity index is 753. The van der Waals surface area contributed by atoms with Crippen LogP contribution in [0.25, 0.3) is 0 Å². The minimum atomic E-state index is -4.37. The fourth-order valence-electron chi connectivity index (χ4n) is 2.79. The fraction of sp³-hybridized carbons (Fsp3) is 0.333. The van der Waals surface area contributed by atoms with Crippen molar-refractivity contribution >= 4 is 5.91 Å². The third kappa shape index (κ3) is 4.95. The zero-order valence-electron chi connectivity index (χ0n) is 13.9. The second-order valence-electron chi connectivity index (χ2n) is 6.04. The summed E-state index contributed by atoms with van der Waals surface area (Å²) in [4.78, 5) is 18.7. The van der Waals surface area contributed by atoms with E-state index < -0.39 is 18.6 Å². The van der Waals surface area contributed by atoms with Crippen LogP contribution in [-0.2, 0) is 11.3 Å². The lowest BCUT2D eigenvalue weighted by Gasteiger charge is -2.34. The molecule has 0 bridgehead atoms. The van der Waals surface area contributed by atoms with Crippen LogP contribution in [0.1, 0.15) is 5.56 Å². The number of para-hydroxylation sites is 1. The van der Waals surface area contributed by atoms with Gasteiger partial charge in [0.2, 0.25) is 5.91 Å². The Hall–Kier alpha value is -2.61. The van der Waals surface area contributed by atoms with E-state index in [0.717, 1.165) is 10.5 Å². The fourth-order valence-corrected chi connectivity index (χ4v) is 2.79. The van der Waals surface area contributed by atoms with Crippen LogP contribution in [0, 0.1) is 0 Å². The van der Waals surface area contributed by atoms with Gasteiger partial charge in [0, 0.05) is 31.4 Å². The van der Waals surface area contributed by atoms with Gasteiger partial charge in [-0.05, 0) is 18.2 Å². The summed E-state index contributed by atoms with van der Waals surface area (Å²) in [7, 11) is 0. The Labute approximate surface area is 149 Å². The average Bonchev–Trinajstić information content (AvgIpc) is 2.59. The lowest BCUT2D eigenvalue weighted by atomic mass is 10.1. The smallest absolute Gasteiger partial charge is 0.406 e. The molecule has 0 N–H and O–H groups in total. The lowest BCUT2D eigenvalue weighted by molar-refractivity contribution is -0.165. The van der Waals surface area contributed by atoms with Gasteiger partial charge in [0.1, 0.15) is 18.0 Å². The normalized spacial score (nSPS) is 16.0. The largest absolute Gasteiger partial charge is 0.455 e. The van der Waals surface area contributed by atoms with E-state index in [-0.39, 0.29) is 13.1 Å². The van der Waals surface area contributed by atoms with E-state index in [9.17, 15) is 18.0 Å². The zero-order valence-corrected chi connectivity index (χ0v) is 13.9. The van der Waals surface area contributed by atoms with Crippen LogP contribution in [0.5, 0.6) is 11.5 Å². The minimum Gasteiger partial charge on any atom is -0.455 e. The lowest BCUT2D eigenvalue weighted by Crippen LogP contribution is -2.52. The number of piperazine rings is 1. The van der Waals surface area contributed by atoms with E-state index in [2.05, 4.69) is 4.98 Å². The standard InChI is InChI=1S/C18H18F3N3O2/c19-18(20,21)13-24-9-8-23(12-17(24)25)11-14-4-1-2-6-16(14)26-15-5-3-7-22-10-15/h1-7,10H,8-9,11-13H2. The van der Waals surface area contributed by atoms with Crippen LogP contribution >= 0.6 is 0 Å². The van der Waals surface area contributed by atoms with E-state index >= 15 is 0 Å². The number of benzene rings is 1. The third-order valence-corrected chi connectivity index (χ3v) is 4.00. The molecule has 26 heavy (non-hydrogen) atoms. The molecular weight excluding hydrogens is 347 g/mol. The van der Waals surface area contributed by atoms with Gasteiger partial charge in [-0.1, -0.05) is 18.2 Å². The quantitative estimate of drug-likeness (QED) is 0.817. The van der Waals surface area contributed by atoms with E-state index in [1.54, 1.807) is 24.5 Å². The summed E-state index contributed by atoms with van der Waals surface area (Å²) in [6.07, 6.45) is -1.14. The second kappa shape index (κ2) is 7.74. The maximum absolute atomic E-state index is 12.5. The molecule has 1 aromatic carbocycles. The number of halogens is 3. The molecule has 1 aliphatic rings. The van der Waals surface area contributed by atoms with Crippen LogP contribution in [-0.4, -0.2) is 53.0 Å². The van der Waals surface area contributed by atoms with Gasteiger partial charge < -0.3 is 9.64 Å². The van der Waals surface area contributed by atoms with Gasteiger partial charge in [-0.15, -0.1) is 0 Å². The Morgan fingerprint density at radius 2 is 1.92 bits per heavy atom. The highest BCUT2D eigenvalue weighted by atomic mass is 19.4. The predicted octanol–water partition coefficient (Wildman–Crippen LogP) is 3.08. The molecule has 1 fully saturated rings. The van der Waals surface area contributed by atoms with Crippen LogP contribution < -0.4 is 4.74 Å². The molecule has 0 aliphatic carbocycles. The van der Waals surface area contributed by atoms with Gasteiger partial charge in [-0.2, -0.15) is 13.2 Å². The first-order valence-electron chi connectivity index (χ1n) is 8.13. The molecule has 2 aromatic rings. The van der Waals surface area contributed by atoms with Crippen LogP contribution in [0.2, 0.25) is 0 Å². The first-order chi connectivity index (χ1) is 12.4. The number of alkyl halides is 3. The highest BCUT2D eigenvalue weighted by Gasteiger charge is 2.35. The number of carbonyl (C=O) groups excluding carboxylic acids is 1. The SMILES string of the molecule is O=C1CN(Cc2ccccc2Oc2cccnc2)CCN1CC(F)(F)F. The highest BCUT2D eigenvalue weighted by molar-refractivity contribution is 5.79. The summed E-state index contributed by atoms with van der Waals surface area (Å²) in [5, 5.41) is 0. The maximum atomic E-state index is 12.5. The first kappa shape index (κ1) is 18.2. The van der Waals surface area contributed by atoms with Crippen LogP contribution in [0.3, 0.4) is 0 Å². The monoisotopic (exact) mass is 365 g/mol. The van der Waals surface area contributed by atoms with Gasteiger partial charge in [-0.3, -0.25) is 14.7 Å². The number of hydrogen-bond donors (Lipinski definition) is 0. The van der Waals surface area contributed by atoms with Crippen molar-refractivity contribution in [2.75, 3.05) is 26.2 Å². The molecule has 3 rings (SSSR count). The van der Waals surface area contributed by atoms with Gasteiger partial charge >= 0.3 is 6.18 Å². The van der Waals surface area contributed by atoms with Crippen molar-refractivity contribution in [3.63, 3.8) is 0 Å². The van der Waals surface area contributed by atoms with E-state index in [1.165, 1.54) is 0 Å². The van der Waals surface area contributed by atoms with Crippen molar-refractivity contribution in [3.05, 3.63) is 54.4 Å². The van der Waals surface area contributed by atoms with Gasteiger partial charge in [-0.25, -0.2) is 0 Å². The number of hydrogen-bond acceptors (Lipinski definition) is 4. The molecular formula is C18H18F3N3O2. The molecule has 2 heterocycles. The van der Waals surface area contributed by atoms with E-state index in [1.807, 2.05) is 29.2 Å². The van der Waals surface area contributed by atoms with Gasteiger partial charge in [0.05, 0.1) is 12.7 Å². The van der Waals surface area contributed by atoms with Crippen molar-refractivity contribution in [1.29, 1.82) is 0 Å². The number of pyridine rings is 1. The number of nitrogens with zero attached hydrogens (tertiary/aromatic N) is 3. The molecule has 0 radical (unpaired) electrons. The molecule has 1 aromatic heterocycles. The molecule has 0 atom stereocenters. The molecule has 1 aliphatic heterocycles.